The van der Waals surface area contributed by atoms with Crippen LogP contribution in [0.15, 0.2) is 0 Å². The van der Waals surface area contributed by atoms with Crippen LogP contribution in [0.3, 0.4) is 0 Å². The van der Waals surface area contributed by atoms with Crippen molar-refractivity contribution < 1.29 is 4.21 Å². The average Bonchev–Trinajstić information content (AvgIpc) is 2.35. The van der Waals surface area contributed by atoms with Gasteiger partial charge >= 0.3 is 0 Å². The SMILES string of the molecule is CCS(=O)CCN1CC(C(C)C)NCC1C(C)C. The van der Waals surface area contributed by atoms with Crippen LogP contribution in [0.5, 0.6) is 0 Å². The monoisotopic (exact) mass is 274 g/mol. The molecule has 0 aromatic carbocycles. The van der Waals surface area contributed by atoms with E-state index >= 15 is 0 Å². The lowest BCUT2D eigenvalue weighted by Crippen LogP contribution is -2.60. The number of nitrogens with one attached hydrogen (secondary N) is 1. The molecular formula is C14H30N2OS. The zero-order valence-corrected chi connectivity index (χ0v) is 13.4. The fourth-order valence-corrected chi connectivity index (χ4v) is 3.31. The van der Waals surface area contributed by atoms with Crippen LogP contribution in [0.4, 0.5) is 0 Å². The van der Waals surface area contributed by atoms with Gasteiger partial charge in [0.05, 0.1) is 0 Å². The highest BCUT2D eigenvalue weighted by Crippen LogP contribution is 2.18. The lowest BCUT2D eigenvalue weighted by molar-refractivity contribution is 0.0916. The first-order chi connectivity index (χ1) is 8.45. The van der Waals surface area contributed by atoms with E-state index in [1.165, 1.54) is 0 Å². The van der Waals surface area contributed by atoms with Crippen molar-refractivity contribution in [1.82, 2.24) is 10.2 Å². The van der Waals surface area contributed by atoms with Gasteiger partial charge in [0.2, 0.25) is 0 Å². The molecule has 0 aliphatic carbocycles. The van der Waals surface area contributed by atoms with Crippen LogP contribution in [-0.2, 0) is 10.8 Å². The molecule has 1 saturated heterocycles. The number of nitrogens with zero attached hydrogens (tertiary/aromatic N) is 1. The van der Waals surface area contributed by atoms with E-state index in [1.807, 2.05) is 6.92 Å². The lowest BCUT2D eigenvalue weighted by atomic mass is 9.94. The van der Waals surface area contributed by atoms with E-state index < -0.39 is 10.8 Å². The van der Waals surface area contributed by atoms with Crippen LogP contribution in [-0.4, -0.2) is 52.3 Å². The van der Waals surface area contributed by atoms with Crippen molar-refractivity contribution in [3.8, 4) is 0 Å². The molecule has 108 valence electrons. The third-order valence-electron chi connectivity index (χ3n) is 3.99. The maximum Gasteiger partial charge on any atom is 0.0362 e. The van der Waals surface area contributed by atoms with Gasteiger partial charge < -0.3 is 5.32 Å². The van der Waals surface area contributed by atoms with Gasteiger partial charge in [-0.1, -0.05) is 34.6 Å². The van der Waals surface area contributed by atoms with Crippen LogP contribution in [0.1, 0.15) is 34.6 Å². The number of hydrogen-bond acceptors (Lipinski definition) is 3. The summed E-state index contributed by atoms with van der Waals surface area (Å²) in [6, 6.07) is 1.17. The van der Waals surface area contributed by atoms with Gasteiger partial charge in [-0.3, -0.25) is 9.11 Å². The second kappa shape index (κ2) is 7.61. The lowest BCUT2D eigenvalue weighted by Gasteiger charge is -2.43. The Morgan fingerprint density at radius 1 is 1.28 bits per heavy atom. The Morgan fingerprint density at radius 2 is 1.94 bits per heavy atom. The zero-order chi connectivity index (χ0) is 13.7. The molecule has 1 aliphatic rings. The third-order valence-corrected chi connectivity index (χ3v) is 5.27. The molecule has 1 aliphatic heterocycles. The Labute approximate surface area is 115 Å². The quantitative estimate of drug-likeness (QED) is 0.800. The molecule has 0 radical (unpaired) electrons. The van der Waals surface area contributed by atoms with Crippen molar-refractivity contribution in [3.05, 3.63) is 0 Å². The Kier molecular flexibility index (Phi) is 6.82. The maximum absolute atomic E-state index is 11.6. The molecule has 0 saturated carbocycles. The normalized spacial score (nSPS) is 27.9. The molecule has 1 N–H and O–H groups in total. The van der Waals surface area contributed by atoms with Crippen molar-refractivity contribution in [3.63, 3.8) is 0 Å². The minimum atomic E-state index is -0.641. The minimum Gasteiger partial charge on any atom is -0.311 e. The van der Waals surface area contributed by atoms with Crippen LogP contribution in [0, 0.1) is 11.8 Å². The summed E-state index contributed by atoms with van der Waals surface area (Å²) >= 11 is 0. The first-order valence-corrected chi connectivity index (χ1v) is 8.76. The fraction of sp³-hybridized carbons (Fsp3) is 1.00. The first-order valence-electron chi connectivity index (χ1n) is 7.28. The van der Waals surface area contributed by atoms with E-state index in [0.717, 1.165) is 31.1 Å². The number of rotatable bonds is 6. The Morgan fingerprint density at radius 3 is 2.44 bits per heavy atom. The Bertz CT molecular complexity index is 269. The second-order valence-electron chi connectivity index (χ2n) is 6.00. The summed E-state index contributed by atoms with van der Waals surface area (Å²) in [5.74, 6) is 2.93. The zero-order valence-electron chi connectivity index (χ0n) is 12.6. The fourth-order valence-electron chi connectivity index (χ4n) is 2.58. The summed E-state index contributed by atoms with van der Waals surface area (Å²) in [4.78, 5) is 2.55. The standard InChI is InChI=1S/C14H30N2OS/c1-6-18(17)8-7-16-10-13(11(2)3)15-9-14(16)12(4)5/h11-15H,6-10H2,1-5H3. The molecule has 0 spiro atoms. The Hall–Kier alpha value is 0.0700. The van der Waals surface area contributed by atoms with Gasteiger partial charge in [-0.25, -0.2) is 0 Å². The van der Waals surface area contributed by atoms with Gasteiger partial charge in [-0.05, 0) is 11.8 Å². The first kappa shape index (κ1) is 16.1. The second-order valence-corrected chi connectivity index (χ2v) is 7.86. The van der Waals surface area contributed by atoms with Gasteiger partial charge in [0.1, 0.15) is 0 Å². The maximum atomic E-state index is 11.6. The molecule has 4 heteroatoms. The smallest absolute Gasteiger partial charge is 0.0362 e. The molecule has 1 fully saturated rings. The van der Waals surface area contributed by atoms with Crippen molar-refractivity contribution in [2.24, 2.45) is 11.8 Å². The largest absolute Gasteiger partial charge is 0.311 e. The van der Waals surface area contributed by atoms with Gasteiger partial charge in [0.25, 0.3) is 0 Å². The molecule has 3 atom stereocenters. The highest BCUT2D eigenvalue weighted by molar-refractivity contribution is 7.84. The highest BCUT2D eigenvalue weighted by Gasteiger charge is 2.30. The van der Waals surface area contributed by atoms with Gasteiger partial charge in [0.15, 0.2) is 0 Å². The van der Waals surface area contributed by atoms with Crippen LogP contribution in [0.25, 0.3) is 0 Å². The van der Waals surface area contributed by atoms with Crippen LogP contribution >= 0.6 is 0 Å². The van der Waals surface area contributed by atoms with Gasteiger partial charge in [-0.15, -0.1) is 0 Å². The number of piperazine rings is 1. The molecule has 18 heavy (non-hydrogen) atoms. The summed E-state index contributed by atoms with van der Waals surface area (Å²) in [6.07, 6.45) is 0. The molecule has 0 aromatic rings. The van der Waals surface area contributed by atoms with E-state index in [9.17, 15) is 4.21 Å². The van der Waals surface area contributed by atoms with E-state index in [2.05, 4.69) is 37.9 Å². The molecule has 0 aromatic heterocycles. The van der Waals surface area contributed by atoms with Crippen molar-refractivity contribution in [2.75, 3.05) is 31.1 Å². The van der Waals surface area contributed by atoms with Crippen molar-refractivity contribution in [1.29, 1.82) is 0 Å². The van der Waals surface area contributed by atoms with Crippen LogP contribution < -0.4 is 5.32 Å². The minimum absolute atomic E-state index is 0.579. The summed E-state index contributed by atoms with van der Waals surface area (Å²) < 4.78 is 11.6. The highest BCUT2D eigenvalue weighted by atomic mass is 32.2. The molecule has 3 nitrogen and oxygen atoms in total. The average molecular weight is 274 g/mol. The summed E-state index contributed by atoms with van der Waals surface area (Å²) in [7, 11) is -0.641. The third kappa shape index (κ3) is 4.63. The molecule has 1 heterocycles. The number of hydrogen-bond donors (Lipinski definition) is 1. The van der Waals surface area contributed by atoms with E-state index in [1.54, 1.807) is 0 Å². The molecule has 0 amide bonds. The molecule has 0 bridgehead atoms. The predicted molar refractivity (Wildman–Crippen MR) is 80.4 cm³/mol. The topological polar surface area (TPSA) is 32.3 Å². The van der Waals surface area contributed by atoms with Crippen molar-refractivity contribution in [2.45, 2.75) is 46.7 Å². The van der Waals surface area contributed by atoms with Gasteiger partial charge in [0, 0.05) is 54.0 Å². The summed E-state index contributed by atoms with van der Waals surface area (Å²) in [5, 5.41) is 3.66. The molecule has 1 rings (SSSR count). The van der Waals surface area contributed by atoms with Gasteiger partial charge in [-0.2, -0.15) is 0 Å². The van der Waals surface area contributed by atoms with Crippen molar-refractivity contribution >= 4 is 10.8 Å². The molecular weight excluding hydrogens is 244 g/mol. The predicted octanol–water partition coefficient (Wildman–Crippen LogP) is 1.71. The van der Waals surface area contributed by atoms with E-state index in [4.69, 9.17) is 0 Å². The molecule has 3 unspecified atom stereocenters. The van der Waals surface area contributed by atoms with Crippen LogP contribution in [0.2, 0.25) is 0 Å². The summed E-state index contributed by atoms with van der Waals surface area (Å²) in [5.41, 5.74) is 0. The Balaban J connectivity index is 2.57. The van der Waals surface area contributed by atoms with E-state index in [0.29, 0.717) is 23.9 Å². The van der Waals surface area contributed by atoms with E-state index in [-0.39, 0.29) is 0 Å². The summed E-state index contributed by atoms with van der Waals surface area (Å²) in [6.45, 7) is 14.3.